The average Bonchev–Trinajstić information content (AvgIpc) is 3.14. The summed E-state index contributed by atoms with van der Waals surface area (Å²) in [6, 6.07) is -0.435. The van der Waals surface area contributed by atoms with Gasteiger partial charge in [0.2, 0.25) is 11.8 Å². The zero-order chi connectivity index (χ0) is 14.3. The predicted octanol–water partition coefficient (Wildman–Crippen LogP) is 0.487. The van der Waals surface area contributed by atoms with E-state index in [0.717, 1.165) is 45.2 Å². The van der Waals surface area contributed by atoms with E-state index in [2.05, 4.69) is 5.32 Å². The fourth-order valence-electron chi connectivity index (χ4n) is 4.31. The van der Waals surface area contributed by atoms with Crippen molar-refractivity contribution in [3.8, 4) is 0 Å². The Morgan fingerprint density at radius 2 is 1.85 bits per heavy atom. The van der Waals surface area contributed by atoms with Gasteiger partial charge in [0.05, 0.1) is 5.92 Å². The molecule has 3 fully saturated rings. The van der Waals surface area contributed by atoms with Gasteiger partial charge in [0.15, 0.2) is 0 Å². The molecule has 20 heavy (non-hydrogen) atoms. The van der Waals surface area contributed by atoms with Gasteiger partial charge in [0.1, 0.15) is 6.04 Å². The number of rotatable bonds is 3. The van der Waals surface area contributed by atoms with Gasteiger partial charge in [-0.2, -0.15) is 0 Å². The fraction of sp³-hybridized carbons (Fsp3) is 0.867. The van der Waals surface area contributed by atoms with E-state index in [9.17, 15) is 9.59 Å². The highest BCUT2D eigenvalue weighted by Gasteiger charge is 2.49. The van der Waals surface area contributed by atoms with E-state index in [1.165, 1.54) is 0 Å². The third kappa shape index (κ3) is 2.32. The Bertz CT molecular complexity index is 404. The van der Waals surface area contributed by atoms with Crippen molar-refractivity contribution in [3.63, 3.8) is 0 Å². The second-order valence-electron chi connectivity index (χ2n) is 6.70. The number of carbonyl (C=O) groups excluding carboxylic acids is 2. The van der Waals surface area contributed by atoms with Crippen LogP contribution in [-0.2, 0) is 9.59 Å². The minimum absolute atomic E-state index is 0.00949. The van der Waals surface area contributed by atoms with Crippen molar-refractivity contribution >= 4 is 11.8 Å². The molecule has 1 saturated heterocycles. The lowest BCUT2D eigenvalue weighted by molar-refractivity contribution is -0.136. The Hall–Kier alpha value is -1.10. The second kappa shape index (κ2) is 5.35. The normalized spacial score (nSPS) is 37.2. The van der Waals surface area contributed by atoms with Crippen LogP contribution in [0.2, 0.25) is 0 Å². The third-order valence-corrected chi connectivity index (χ3v) is 5.43. The van der Waals surface area contributed by atoms with Crippen LogP contribution in [0.25, 0.3) is 0 Å². The topological polar surface area (TPSA) is 75.4 Å². The van der Waals surface area contributed by atoms with Crippen LogP contribution < -0.4 is 11.1 Å². The first-order chi connectivity index (χ1) is 9.58. The Labute approximate surface area is 120 Å². The molecule has 2 aliphatic carbocycles. The maximum Gasteiger partial charge on any atom is 0.244 e. The van der Waals surface area contributed by atoms with Gasteiger partial charge in [0.25, 0.3) is 0 Å². The van der Waals surface area contributed by atoms with Crippen molar-refractivity contribution in [2.45, 2.75) is 51.1 Å². The summed E-state index contributed by atoms with van der Waals surface area (Å²) in [6.07, 6.45) is 5.52. The van der Waals surface area contributed by atoms with Crippen LogP contribution in [-0.4, -0.2) is 41.9 Å². The van der Waals surface area contributed by atoms with E-state index in [0.29, 0.717) is 11.8 Å². The van der Waals surface area contributed by atoms with Crippen molar-refractivity contribution in [3.05, 3.63) is 0 Å². The molecule has 5 heteroatoms. The molecule has 2 bridgehead atoms. The van der Waals surface area contributed by atoms with Crippen LogP contribution in [0, 0.1) is 17.8 Å². The Balaban J connectivity index is 1.57. The average molecular weight is 279 g/mol. The monoisotopic (exact) mass is 279 g/mol. The molecule has 1 aliphatic heterocycles. The van der Waals surface area contributed by atoms with Gasteiger partial charge >= 0.3 is 0 Å². The van der Waals surface area contributed by atoms with E-state index in [1.54, 1.807) is 6.92 Å². The van der Waals surface area contributed by atoms with Crippen LogP contribution in [0.3, 0.4) is 0 Å². The van der Waals surface area contributed by atoms with Crippen molar-refractivity contribution in [2.24, 2.45) is 23.5 Å². The van der Waals surface area contributed by atoms with Gasteiger partial charge in [-0.3, -0.25) is 9.59 Å². The molecule has 0 aromatic carbocycles. The standard InChI is InChI=1S/C15H25N3O2/c1-9(15(20)18-6-2-3-7-18)17-14(19)12-10-4-5-11(8-10)13(12)16/h9-13H,2-8,16H2,1H3,(H,17,19). The summed E-state index contributed by atoms with van der Waals surface area (Å²) < 4.78 is 0. The van der Waals surface area contributed by atoms with Gasteiger partial charge in [0, 0.05) is 19.1 Å². The molecular weight excluding hydrogens is 254 g/mol. The molecule has 0 aromatic rings. The first-order valence-corrected chi connectivity index (χ1v) is 7.92. The molecule has 3 rings (SSSR count). The SMILES string of the molecule is CC(NC(=O)C1C2CCC(C2)C1N)C(=O)N1CCCC1. The van der Waals surface area contributed by atoms with E-state index >= 15 is 0 Å². The highest BCUT2D eigenvalue weighted by Crippen LogP contribution is 2.47. The largest absolute Gasteiger partial charge is 0.344 e. The molecule has 3 aliphatic rings. The number of hydrogen-bond acceptors (Lipinski definition) is 3. The van der Waals surface area contributed by atoms with Crippen LogP contribution in [0.1, 0.15) is 39.0 Å². The lowest BCUT2D eigenvalue weighted by Gasteiger charge is -2.29. The lowest BCUT2D eigenvalue weighted by atomic mass is 9.84. The van der Waals surface area contributed by atoms with Crippen LogP contribution in [0.4, 0.5) is 0 Å². The summed E-state index contributed by atoms with van der Waals surface area (Å²) in [6.45, 7) is 3.44. The summed E-state index contributed by atoms with van der Waals surface area (Å²) in [5, 5.41) is 2.90. The molecule has 2 saturated carbocycles. The number of amides is 2. The molecule has 1 heterocycles. The minimum Gasteiger partial charge on any atom is -0.344 e. The molecule has 0 aromatic heterocycles. The Morgan fingerprint density at radius 3 is 2.45 bits per heavy atom. The van der Waals surface area contributed by atoms with Gasteiger partial charge in [-0.25, -0.2) is 0 Å². The smallest absolute Gasteiger partial charge is 0.244 e. The molecule has 5 unspecified atom stereocenters. The quantitative estimate of drug-likeness (QED) is 0.789. The summed E-state index contributed by atoms with van der Waals surface area (Å²) in [5.41, 5.74) is 6.18. The number of likely N-dealkylation sites (tertiary alicyclic amines) is 1. The third-order valence-electron chi connectivity index (χ3n) is 5.43. The number of hydrogen-bond donors (Lipinski definition) is 2. The molecule has 0 spiro atoms. The summed E-state index contributed by atoms with van der Waals surface area (Å²) in [5.74, 6) is 0.907. The number of nitrogens with zero attached hydrogens (tertiary/aromatic N) is 1. The fourth-order valence-corrected chi connectivity index (χ4v) is 4.31. The van der Waals surface area contributed by atoms with E-state index < -0.39 is 6.04 Å². The highest BCUT2D eigenvalue weighted by atomic mass is 16.2. The summed E-state index contributed by atoms with van der Waals surface area (Å²) in [4.78, 5) is 26.5. The summed E-state index contributed by atoms with van der Waals surface area (Å²) in [7, 11) is 0. The maximum absolute atomic E-state index is 12.4. The van der Waals surface area contributed by atoms with Gasteiger partial charge in [-0.15, -0.1) is 0 Å². The molecule has 5 nitrogen and oxygen atoms in total. The second-order valence-corrected chi connectivity index (χ2v) is 6.70. The number of nitrogens with two attached hydrogens (primary N) is 1. The molecule has 0 radical (unpaired) electrons. The number of fused-ring (bicyclic) bond motifs is 2. The van der Waals surface area contributed by atoms with Gasteiger partial charge < -0.3 is 16.0 Å². The maximum atomic E-state index is 12.4. The summed E-state index contributed by atoms with van der Waals surface area (Å²) >= 11 is 0. The van der Waals surface area contributed by atoms with E-state index in [4.69, 9.17) is 5.73 Å². The zero-order valence-electron chi connectivity index (χ0n) is 12.2. The molecule has 112 valence electrons. The van der Waals surface area contributed by atoms with Crippen molar-refractivity contribution in [2.75, 3.05) is 13.1 Å². The minimum atomic E-state index is -0.424. The van der Waals surface area contributed by atoms with Crippen LogP contribution >= 0.6 is 0 Å². The van der Waals surface area contributed by atoms with E-state index in [-0.39, 0.29) is 23.8 Å². The van der Waals surface area contributed by atoms with Crippen molar-refractivity contribution < 1.29 is 9.59 Å². The lowest BCUT2D eigenvalue weighted by Crippen LogP contribution is -2.51. The van der Waals surface area contributed by atoms with Crippen molar-refractivity contribution in [1.29, 1.82) is 0 Å². The van der Waals surface area contributed by atoms with Gasteiger partial charge in [-0.05, 0) is 50.9 Å². The Kier molecular flexibility index (Phi) is 3.71. The van der Waals surface area contributed by atoms with Crippen molar-refractivity contribution in [1.82, 2.24) is 10.2 Å². The Morgan fingerprint density at radius 1 is 1.20 bits per heavy atom. The first-order valence-electron chi connectivity index (χ1n) is 7.92. The zero-order valence-corrected chi connectivity index (χ0v) is 12.2. The molecule has 5 atom stereocenters. The molecule has 3 N–H and O–H groups in total. The molecule has 2 amide bonds. The number of nitrogens with one attached hydrogen (secondary N) is 1. The van der Waals surface area contributed by atoms with E-state index in [1.807, 2.05) is 4.90 Å². The first kappa shape index (κ1) is 13.9. The molecular formula is C15H25N3O2. The van der Waals surface area contributed by atoms with Crippen LogP contribution in [0.15, 0.2) is 0 Å². The highest BCUT2D eigenvalue weighted by molar-refractivity contribution is 5.89. The van der Waals surface area contributed by atoms with Gasteiger partial charge in [-0.1, -0.05) is 0 Å². The number of carbonyl (C=O) groups is 2. The van der Waals surface area contributed by atoms with Crippen LogP contribution in [0.5, 0.6) is 0 Å². The predicted molar refractivity (Wildman–Crippen MR) is 75.7 cm³/mol.